The van der Waals surface area contributed by atoms with Crippen molar-refractivity contribution in [3.05, 3.63) is 47.0 Å². The van der Waals surface area contributed by atoms with Crippen LogP contribution in [0.1, 0.15) is 106 Å². The third-order valence-electron chi connectivity index (χ3n) is 8.95. The van der Waals surface area contributed by atoms with Crippen LogP contribution in [0.5, 0.6) is 0 Å². The van der Waals surface area contributed by atoms with E-state index in [0.29, 0.717) is 22.1 Å². The number of rotatable bonds is 6. The van der Waals surface area contributed by atoms with Crippen molar-refractivity contribution >= 4 is 40.9 Å². The van der Waals surface area contributed by atoms with Crippen LogP contribution >= 0.6 is 23.5 Å². The zero-order valence-corrected chi connectivity index (χ0v) is 27.3. The Kier molecular flexibility index (Phi) is 13.8. The lowest BCUT2D eigenvalue weighted by Gasteiger charge is -2.43. The Morgan fingerprint density at radius 2 is 1.74 bits per heavy atom. The molecule has 1 aromatic carbocycles. The molecule has 0 bridgehead atoms. The average Bonchev–Trinajstić information content (AvgIpc) is 2.98. The van der Waals surface area contributed by atoms with Gasteiger partial charge in [-0.05, 0) is 80.4 Å². The van der Waals surface area contributed by atoms with Crippen molar-refractivity contribution in [1.29, 1.82) is 0 Å². The number of aliphatic imine (C=N–C) groups is 1. The van der Waals surface area contributed by atoms with Crippen molar-refractivity contribution in [2.24, 2.45) is 20.7 Å². The van der Waals surface area contributed by atoms with Crippen molar-refractivity contribution in [2.45, 2.75) is 111 Å². The number of likely N-dealkylation sites (tertiary alicyclic amines) is 1. The molecule has 1 amide bonds. The lowest BCUT2D eigenvalue weighted by atomic mass is 9.66. The largest absolute Gasteiger partial charge is 0.337 e. The highest BCUT2D eigenvalue weighted by Crippen LogP contribution is 2.43. The van der Waals surface area contributed by atoms with Gasteiger partial charge in [0.25, 0.3) is 5.91 Å². The third-order valence-corrected chi connectivity index (χ3v) is 10.0. The van der Waals surface area contributed by atoms with Crippen molar-refractivity contribution < 1.29 is 4.79 Å². The van der Waals surface area contributed by atoms with E-state index in [-0.39, 0.29) is 16.6 Å². The second-order valence-electron chi connectivity index (χ2n) is 10.9. The highest BCUT2D eigenvalue weighted by Gasteiger charge is 2.39. The third kappa shape index (κ3) is 8.22. The summed E-state index contributed by atoms with van der Waals surface area (Å²) >= 11 is 7.79. The normalized spacial score (nSPS) is 27.3. The molecule has 3 aliphatic rings. The van der Waals surface area contributed by atoms with E-state index in [4.69, 9.17) is 16.6 Å². The molecule has 0 aromatic heterocycles. The predicted molar refractivity (Wildman–Crippen MR) is 173 cm³/mol. The van der Waals surface area contributed by atoms with Gasteiger partial charge in [-0.3, -0.25) is 9.79 Å². The molecule has 218 valence electrons. The Hall–Kier alpha value is -1.59. The molecule has 0 spiro atoms. The number of carbonyl (C=O) groups excluding carboxylic acids is 1. The van der Waals surface area contributed by atoms with E-state index in [1.54, 1.807) is 0 Å². The summed E-state index contributed by atoms with van der Waals surface area (Å²) in [5, 5.41) is 0.687. The molecule has 1 saturated heterocycles. The fourth-order valence-electron chi connectivity index (χ4n) is 6.02. The molecule has 4 nitrogen and oxygen atoms in total. The van der Waals surface area contributed by atoms with E-state index < -0.39 is 0 Å². The van der Waals surface area contributed by atoms with Gasteiger partial charge in [0.1, 0.15) is 0 Å². The average molecular weight is 574 g/mol. The number of carbonyl (C=O) groups is 1. The van der Waals surface area contributed by atoms with Crippen LogP contribution in [0.25, 0.3) is 0 Å². The first-order valence-corrected chi connectivity index (χ1v) is 16.5. The fraction of sp³-hybridized carbons (Fsp3) is 0.667. The first kappa shape index (κ1) is 33.6. The number of piperidine rings is 1. The van der Waals surface area contributed by atoms with E-state index in [0.717, 1.165) is 45.3 Å². The second-order valence-corrected chi connectivity index (χ2v) is 12.5. The highest BCUT2D eigenvalue weighted by molar-refractivity contribution is 7.99. The topological polar surface area (TPSA) is 45.0 Å². The van der Waals surface area contributed by atoms with Crippen molar-refractivity contribution in [2.75, 3.05) is 19.6 Å². The highest BCUT2D eigenvalue weighted by atomic mass is 35.5. The van der Waals surface area contributed by atoms with E-state index in [1.165, 1.54) is 42.5 Å². The van der Waals surface area contributed by atoms with Crippen LogP contribution in [0.3, 0.4) is 0 Å². The maximum atomic E-state index is 13.2. The van der Waals surface area contributed by atoms with Gasteiger partial charge in [0.2, 0.25) is 0 Å². The van der Waals surface area contributed by atoms with E-state index in [9.17, 15) is 4.79 Å². The van der Waals surface area contributed by atoms with Crippen LogP contribution < -0.4 is 0 Å². The summed E-state index contributed by atoms with van der Waals surface area (Å²) in [4.78, 5) is 20.3. The monoisotopic (exact) mass is 573 g/mol. The number of benzene rings is 1. The quantitative estimate of drug-likeness (QED) is 0.318. The van der Waals surface area contributed by atoms with Crippen molar-refractivity contribution in [3.63, 3.8) is 0 Å². The van der Waals surface area contributed by atoms with Crippen LogP contribution in [-0.4, -0.2) is 47.1 Å². The molecule has 2 fully saturated rings. The summed E-state index contributed by atoms with van der Waals surface area (Å²) in [6.45, 7) is 19.5. The first-order chi connectivity index (χ1) is 18.8. The number of halogens is 1. The minimum absolute atomic E-state index is 0.0394. The molecule has 1 aromatic rings. The van der Waals surface area contributed by atoms with Gasteiger partial charge in [-0.25, -0.2) is 4.40 Å². The molecular formula is C33H52ClN3OS. The summed E-state index contributed by atoms with van der Waals surface area (Å²) in [5.74, 6) is 0.519. The van der Waals surface area contributed by atoms with Crippen LogP contribution in [0.2, 0.25) is 0 Å². The molecule has 3 atom stereocenters. The molecule has 4 rings (SSSR count). The molecule has 2 aliphatic heterocycles. The van der Waals surface area contributed by atoms with Gasteiger partial charge in [-0.15, -0.1) is 0 Å². The lowest BCUT2D eigenvalue weighted by Crippen LogP contribution is -2.48. The molecule has 1 saturated carbocycles. The molecular weight excluding hydrogens is 522 g/mol. The minimum Gasteiger partial charge on any atom is -0.337 e. The Labute approximate surface area is 248 Å². The van der Waals surface area contributed by atoms with Gasteiger partial charge in [-0.1, -0.05) is 96.8 Å². The Bertz CT molecular complexity index is 997. The first-order valence-electron chi connectivity index (χ1n) is 15.3. The Balaban J connectivity index is 0.00000127. The van der Waals surface area contributed by atoms with Gasteiger partial charge < -0.3 is 4.90 Å². The van der Waals surface area contributed by atoms with Gasteiger partial charge in [0, 0.05) is 36.0 Å². The van der Waals surface area contributed by atoms with Crippen molar-refractivity contribution in [1.82, 2.24) is 4.90 Å². The summed E-state index contributed by atoms with van der Waals surface area (Å²) < 4.78 is 4.41. The van der Waals surface area contributed by atoms with Gasteiger partial charge in [0.15, 0.2) is 5.71 Å². The number of hydrogen-bond acceptors (Lipinski definition) is 4. The number of nitrogens with zero attached hydrogens (tertiary/aromatic N) is 3. The fourth-order valence-corrected chi connectivity index (χ4v) is 7.10. The Morgan fingerprint density at radius 3 is 2.33 bits per heavy atom. The van der Waals surface area contributed by atoms with Gasteiger partial charge in [-0.2, -0.15) is 0 Å². The zero-order valence-electron chi connectivity index (χ0n) is 25.7. The van der Waals surface area contributed by atoms with E-state index in [1.807, 2.05) is 45.6 Å². The smallest absolute Gasteiger partial charge is 0.274 e. The van der Waals surface area contributed by atoms with E-state index >= 15 is 0 Å². The minimum atomic E-state index is -0.0394. The van der Waals surface area contributed by atoms with Crippen LogP contribution in [-0.2, 0) is 10.2 Å². The second kappa shape index (κ2) is 16.0. The SMILES string of the molecule is CC.CC.CCC1(C)CCCC(=NCCC2(c3ccccc3)CCN(C(=O)C3=NSC(C)C=C3Cl)CC2)C1C. The molecule has 39 heavy (non-hydrogen) atoms. The predicted octanol–water partition coefficient (Wildman–Crippen LogP) is 9.28. The summed E-state index contributed by atoms with van der Waals surface area (Å²) in [6.07, 6.45) is 9.74. The maximum Gasteiger partial charge on any atom is 0.274 e. The number of hydrogen-bond donors (Lipinski definition) is 0. The molecule has 3 unspecified atom stereocenters. The molecule has 0 radical (unpaired) electrons. The van der Waals surface area contributed by atoms with Crippen molar-refractivity contribution in [3.8, 4) is 0 Å². The van der Waals surface area contributed by atoms with Crippen LogP contribution in [0.15, 0.2) is 50.8 Å². The van der Waals surface area contributed by atoms with E-state index in [2.05, 4.69) is 55.5 Å². The van der Waals surface area contributed by atoms with Gasteiger partial charge in [0.05, 0.1) is 5.03 Å². The maximum absolute atomic E-state index is 13.2. The molecule has 6 heteroatoms. The van der Waals surface area contributed by atoms with Crippen LogP contribution in [0, 0.1) is 11.3 Å². The summed E-state index contributed by atoms with van der Waals surface area (Å²) in [5.41, 5.74) is 3.62. The lowest BCUT2D eigenvalue weighted by molar-refractivity contribution is -0.125. The number of amides is 1. The summed E-state index contributed by atoms with van der Waals surface area (Å²) in [7, 11) is 0. The van der Waals surface area contributed by atoms with Crippen LogP contribution in [0.4, 0.5) is 0 Å². The summed E-state index contributed by atoms with van der Waals surface area (Å²) in [6, 6.07) is 10.9. The molecule has 0 N–H and O–H groups in total. The van der Waals surface area contributed by atoms with Gasteiger partial charge >= 0.3 is 0 Å². The zero-order chi connectivity index (χ0) is 29.1. The standard InChI is InChI=1S/C29H40ClN3OS.2C2H6/c1-5-28(4)13-9-12-25(22(28)3)31-17-14-29(23-10-7-6-8-11-23)15-18-33(19-16-29)27(34)26-24(30)20-21(2)35-32-26;2*1-2/h6-8,10-11,20-22H,5,9,12-19H2,1-4H3;2*1-2H3. The molecule has 2 heterocycles. The molecule has 1 aliphatic carbocycles. The Morgan fingerprint density at radius 1 is 1.10 bits per heavy atom.